The van der Waals surface area contributed by atoms with E-state index in [1.165, 1.54) is 0 Å². The van der Waals surface area contributed by atoms with Gasteiger partial charge in [0.25, 0.3) is 0 Å². The molecule has 1 aliphatic heterocycles. The number of carbonyl (C=O) groups is 2. The number of amides is 2. The molecule has 104 valence electrons. The van der Waals surface area contributed by atoms with Crippen LogP contribution in [0, 0.1) is 17.8 Å². The SMILES string of the molecule is CNC(=O)C(C)CN(C)C(=O)C1CNCC(C)C1. The highest BCUT2D eigenvalue weighted by Crippen LogP contribution is 2.18. The van der Waals surface area contributed by atoms with Crippen molar-refractivity contribution in [1.29, 1.82) is 0 Å². The summed E-state index contributed by atoms with van der Waals surface area (Å²) in [7, 11) is 3.40. The molecule has 3 atom stereocenters. The summed E-state index contributed by atoms with van der Waals surface area (Å²) in [5.74, 6) is 0.542. The number of piperidine rings is 1. The fourth-order valence-electron chi connectivity index (χ4n) is 2.49. The van der Waals surface area contributed by atoms with Crippen molar-refractivity contribution in [3.05, 3.63) is 0 Å². The van der Waals surface area contributed by atoms with E-state index < -0.39 is 0 Å². The zero-order valence-electron chi connectivity index (χ0n) is 11.8. The molecule has 0 aliphatic carbocycles. The quantitative estimate of drug-likeness (QED) is 0.747. The Labute approximate surface area is 109 Å². The molecule has 0 bridgehead atoms. The van der Waals surface area contributed by atoms with Gasteiger partial charge in [0.2, 0.25) is 11.8 Å². The number of rotatable bonds is 4. The van der Waals surface area contributed by atoms with Crippen LogP contribution in [-0.4, -0.2) is 50.4 Å². The predicted molar refractivity (Wildman–Crippen MR) is 71.0 cm³/mol. The summed E-state index contributed by atoms with van der Waals surface area (Å²) in [5, 5.41) is 5.89. The van der Waals surface area contributed by atoms with Gasteiger partial charge in [-0.1, -0.05) is 13.8 Å². The van der Waals surface area contributed by atoms with Crippen molar-refractivity contribution in [1.82, 2.24) is 15.5 Å². The Bertz CT molecular complexity index is 307. The summed E-state index contributed by atoms with van der Waals surface area (Å²) in [6.07, 6.45) is 0.935. The highest BCUT2D eigenvalue weighted by molar-refractivity contribution is 5.81. The Morgan fingerprint density at radius 2 is 2.11 bits per heavy atom. The van der Waals surface area contributed by atoms with Crippen LogP contribution in [0.4, 0.5) is 0 Å². The summed E-state index contributed by atoms with van der Waals surface area (Å²) in [6, 6.07) is 0. The molecule has 0 aromatic rings. The maximum absolute atomic E-state index is 12.2. The molecule has 1 aliphatic rings. The molecule has 0 radical (unpaired) electrons. The third kappa shape index (κ3) is 3.98. The van der Waals surface area contributed by atoms with Crippen molar-refractivity contribution < 1.29 is 9.59 Å². The summed E-state index contributed by atoms with van der Waals surface area (Å²) >= 11 is 0. The van der Waals surface area contributed by atoms with Gasteiger partial charge in [0.05, 0.1) is 11.8 Å². The van der Waals surface area contributed by atoms with E-state index >= 15 is 0 Å². The van der Waals surface area contributed by atoms with Gasteiger partial charge in [-0.05, 0) is 18.9 Å². The van der Waals surface area contributed by atoms with Crippen molar-refractivity contribution in [2.24, 2.45) is 17.8 Å². The zero-order valence-corrected chi connectivity index (χ0v) is 11.8. The third-order valence-corrected chi connectivity index (χ3v) is 3.54. The fourth-order valence-corrected chi connectivity index (χ4v) is 2.49. The molecular weight excluding hydrogens is 230 g/mol. The van der Waals surface area contributed by atoms with E-state index in [0.717, 1.165) is 19.5 Å². The average Bonchev–Trinajstić information content (AvgIpc) is 2.36. The smallest absolute Gasteiger partial charge is 0.226 e. The minimum Gasteiger partial charge on any atom is -0.359 e. The van der Waals surface area contributed by atoms with Gasteiger partial charge in [0.15, 0.2) is 0 Å². The van der Waals surface area contributed by atoms with Crippen LogP contribution in [0.3, 0.4) is 0 Å². The molecular formula is C13H25N3O2. The largest absolute Gasteiger partial charge is 0.359 e. The minimum absolute atomic E-state index is 0.0233. The lowest BCUT2D eigenvalue weighted by atomic mass is 9.90. The summed E-state index contributed by atoms with van der Waals surface area (Å²) in [4.78, 5) is 25.4. The highest BCUT2D eigenvalue weighted by atomic mass is 16.2. The second-order valence-corrected chi connectivity index (χ2v) is 5.43. The van der Waals surface area contributed by atoms with E-state index in [1.807, 2.05) is 6.92 Å². The lowest BCUT2D eigenvalue weighted by Crippen LogP contribution is -2.46. The van der Waals surface area contributed by atoms with Gasteiger partial charge in [-0.25, -0.2) is 0 Å². The average molecular weight is 255 g/mol. The van der Waals surface area contributed by atoms with Crippen LogP contribution in [-0.2, 0) is 9.59 Å². The Kier molecular flexibility index (Phi) is 5.59. The van der Waals surface area contributed by atoms with E-state index in [-0.39, 0.29) is 23.7 Å². The van der Waals surface area contributed by atoms with Crippen LogP contribution in [0.2, 0.25) is 0 Å². The topological polar surface area (TPSA) is 61.4 Å². The van der Waals surface area contributed by atoms with E-state index in [2.05, 4.69) is 17.6 Å². The molecule has 1 heterocycles. The van der Waals surface area contributed by atoms with Crippen molar-refractivity contribution in [2.75, 3.05) is 33.7 Å². The molecule has 5 heteroatoms. The first-order valence-corrected chi connectivity index (χ1v) is 6.63. The molecule has 5 nitrogen and oxygen atoms in total. The molecule has 18 heavy (non-hydrogen) atoms. The molecule has 0 saturated carbocycles. The summed E-state index contributed by atoms with van der Waals surface area (Å²) < 4.78 is 0. The maximum atomic E-state index is 12.2. The number of hydrogen-bond donors (Lipinski definition) is 2. The van der Waals surface area contributed by atoms with Gasteiger partial charge >= 0.3 is 0 Å². The Morgan fingerprint density at radius 1 is 1.44 bits per heavy atom. The number of carbonyl (C=O) groups excluding carboxylic acids is 2. The van der Waals surface area contributed by atoms with Gasteiger partial charge in [0, 0.05) is 27.2 Å². The van der Waals surface area contributed by atoms with Gasteiger partial charge in [-0.15, -0.1) is 0 Å². The molecule has 0 aromatic carbocycles. The Morgan fingerprint density at radius 3 is 2.67 bits per heavy atom. The van der Waals surface area contributed by atoms with Gasteiger partial charge in [-0.3, -0.25) is 9.59 Å². The lowest BCUT2D eigenvalue weighted by Gasteiger charge is -2.31. The van der Waals surface area contributed by atoms with Crippen LogP contribution < -0.4 is 10.6 Å². The first kappa shape index (κ1) is 15.0. The van der Waals surface area contributed by atoms with Crippen LogP contribution in [0.5, 0.6) is 0 Å². The zero-order chi connectivity index (χ0) is 13.7. The fraction of sp³-hybridized carbons (Fsp3) is 0.846. The van der Waals surface area contributed by atoms with Crippen molar-refractivity contribution in [3.8, 4) is 0 Å². The van der Waals surface area contributed by atoms with E-state index in [4.69, 9.17) is 0 Å². The van der Waals surface area contributed by atoms with Gasteiger partial charge in [-0.2, -0.15) is 0 Å². The monoisotopic (exact) mass is 255 g/mol. The Balaban J connectivity index is 2.47. The van der Waals surface area contributed by atoms with Gasteiger partial charge in [0.1, 0.15) is 0 Å². The van der Waals surface area contributed by atoms with E-state index in [9.17, 15) is 9.59 Å². The molecule has 1 saturated heterocycles. The van der Waals surface area contributed by atoms with Crippen LogP contribution in [0.1, 0.15) is 20.3 Å². The van der Waals surface area contributed by atoms with Gasteiger partial charge < -0.3 is 15.5 Å². The van der Waals surface area contributed by atoms with Crippen molar-refractivity contribution in [2.45, 2.75) is 20.3 Å². The summed E-state index contributed by atoms with van der Waals surface area (Å²) in [6.45, 7) is 6.21. The lowest BCUT2D eigenvalue weighted by molar-refractivity contribution is -0.136. The minimum atomic E-state index is -0.169. The van der Waals surface area contributed by atoms with E-state index in [0.29, 0.717) is 12.5 Å². The Hall–Kier alpha value is -1.10. The van der Waals surface area contributed by atoms with Crippen molar-refractivity contribution >= 4 is 11.8 Å². The highest BCUT2D eigenvalue weighted by Gasteiger charge is 2.28. The normalized spacial score (nSPS) is 25.3. The molecule has 0 spiro atoms. The van der Waals surface area contributed by atoms with Crippen molar-refractivity contribution in [3.63, 3.8) is 0 Å². The first-order chi connectivity index (χ1) is 8.45. The van der Waals surface area contributed by atoms with Crippen LogP contribution >= 0.6 is 0 Å². The molecule has 3 unspecified atom stereocenters. The number of nitrogens with one attached hydrogen (secondary N) is 2. The standard InChI is InChI=1S/C13H25N3O2/c1-9-5-11(7-15-6-9)13(18)16(4)8-10(2)12(17)14-3/h9-11,15H,5-8H2,1-4H3,(H,14,17). The number of nitrogens with zero attached hydrogens (tertiary/aromatic N) is 1. The number of hydrogen-bond acceptors (Lipinski definition) is 3. The van der Waals surface area contributed by atoms with Crippen LogP contribution in [0.25, 0.3) is 0 Å². The second kappa shape index (κ2) is 6.73. The second-order valence-electron chi connectivity index (χ2n) is 5.43. The van der Waals surface area contributed by atoms with Crippen LogP contribution in [0.15, 0.2) is 0 Å². The first-order valence-electron chi connectivity index (χ1n) is 6.63. The predicted octanol–water partition coefficient (Wildman–Crippen LogP) is 0.0725. The molecule has 2 amide bonds. The maximum Gasteiger partial charge on any atom is 0.226 e. The molecule has 2 N–H and O–H groups in total. The summed E-state index contributed by atoms with van der Waals surface area (Å²) in [5.41, 5.74) is 0. The molecule has 0 aromatic heterocycles. The molecule has 1 fully saturated rings. The van der Waals surface area contributed by atoms with E-state index in [1.54, 1.807) is 19.0 Å². The third-order valence-electron chi connectivity index (χ3n) is 3.54. The molecule has 1 rings (SSSR count).